The third kappa shape index (κ3) is 4.75. The molecule has 8 heteroatoms. The quantitative estimate of drug-likeness (QED) is 0.826. The smallest absolute Gasteiger partial charge is 0.326 e. The number of amides is 2. The summed E-state index contributed by atoms with van der Waals surface area (Å²) in [6.07, 6.45) is 4.08. The predicted molar refractivity (Wildman–Crippen MR) is 99.3 cm³/mol. The molecule has 0 aliphatic carbocycles. The van der Waals surface area contributed by atoms with Gasteiger partial charge in [0.2, 0.25) is 11.8 Å². The number of aliphatic carboxylic acids is 1. The molecule has 0 saturated carbocycles. The number of carbonyl (C=O) groups excluding carboxylic acids is 2. The van der Waals surface area contributed by atoms with Crippen molar-refractivity contribution in [2.24, 2.45) is 0 Å². The highest BCUT2D eigenvalue weighted by Gasteiger charge is 2.32. The first-order valence-corrected chi connectivity index (χ1v) is 9.52. The average molecular weight is 374 g/mol. The van der Waals surface area contributed by atoms with Gasteiger partial charge in [-0.25, -0.2) is 9.78 Å². The minimum atomic E-state index is -0.958. The molecule has 0 spiro atoms. The molecule has 3 heterocycles. The molecule has 2 amide bonds. The molecule has 1 aromatic heterocycles. The Morgan fingerprint density at radius 3 is 2.41 bits per heavy atom. The molecule has 2 saturated heterocycles. The van der Waals surface area contributed by atoms with E-state index in [0.717, 1.165) is 18.7 Å². The van der Waals surface area contributed by atoms with Crippen molar-refractivity contribution in [3.05, 3.63) is 24.4 Å². The zero-order valence-corrected chi connectivity index (χ0v) is 15.4. The van der Waals surface area contributed by atoms with Gasteiger partial charge in [0.05, 0.1) is 0 Å². The molecule has 0 bridgehead atoms. The molecule has 27 heavy (non-hydrogen) atoms. The Morgan fingerprint density at radius 1 is 1.00 bits per heavy atom. The fourth-order valence-electron chi connectivity index (χ4n) is 3.73. The van der Waals surface area contributed by atoms with Crippen LogP contribution in [0.15, 0.2) is 24.4 Å². The topological polar surface area (TPSA) is 94.0 Å². The molecule has 2 aliphatic heterocycles. The van der Waals surface area contributed by atoms with Crippen molar-refractivity contribution in [3.63, 3.8) is 0 Å². The van der Waals surface area contributed by atoms with Gasteiger partial charge in [0.25, 0.3) is 0 Å². The van der Waals surface area contributed by atoms with Crippen LogP contribution in [0.2, 0.25) is 0 Å². The van der Waals surface area contributed by atoms with E-state index in [1.807, 2.05) is 18.2 Å². The fourth-order valence-corrected chi connectivity index (χ4v) is 3.73. The summed E-state index contributed by atoms with van der Waals surface area (Å²) in [5.41, 5.74) is 0. The summed E-state index contributed by atoms with van der Waals surface area (Å²) in [4.78, 5) is 45.9. The molecule has 0 radical (unpaired) electrons. The van der Waals surface area contributed by atoms with Crippen molar-refractivity contribution >= 4 is 23.6 Å². The van der Waals surface area contributed by atoms with Crippen molar-refractivity contribution in [3.8, 4) is 0 Å². The SMILES string of the molecule is O=C(O)C1CCCCN1C(=O)CCC(=O)N1CCN(c2ccccn2)CC1. The van der Waals surface area contributed by atoms with Gasteiger partial charge in [-0.15, -0.1) is 0 Å². The molecular weight excluding hydrogens is 348 g/mol. The molecule has 1 N–H and O–H groups in total. The van der Waals surface area contributed by atoms with E-state index in [4.69, 9.17) is 0 Å². The van der Waals surface area contributed by atoms with E-state index in [1.54, 1.807) is 11.1 Å². The van der Waals surface area contributed by atoms with Crippen LogP contribution in [-0.2, 0) is 14.4 Å². The van der Waals surface area contributed by atoms with E-state index < -0.39 is 12.0 Å². The second-order valence-corrected chi connectivity index (χ2v) is 6.99. The minimum absolute atomic E-state index is 0.0482. The number of piperidine rings is 1. The van der Waals surface area contributed by atoms with Gasteiger partial charge in [-0.3, -0.25) is 9.59 Å². The number of carbonyl (C=O) groups is 3. The van der Waals surface area contributed by atoms with E-state index in [9.17, 15) is 19.5 Å². The largest absolute Gasteiger partial charge is 0.480 e. The molecule has 1 aromatic rings. The van der Waals surface area contributed by atoms with Crippen LogP contribution >= 0.6 is 0 Å². The van der Waals surface area contributed by atoms with Crippen molar-refractivity contribution in [1.82, 2.24) is 14.8 Å². The maximum atomic E-state index is 12.4. The number of rotatable bonds is 5. The molecule has 2 aliphatic rings. The summed E-state index contributed by atoms with van der Waals surface area (Å²) in [5, 5.41) is 9.28. The molecule has 1 unspecified atom stereocenters. The van der Waals surface area contributed by atoms with Crippen LogP contribution in [0.4, 0.5) is 5.82 Å². The lowest BCUT2D eigenvalue weighted by Gasteiger charge is -2.36. The Labute approximate surface area is 158 Å². The monoisotopic (exact) mass is 374 g/mol. The van der Waals surface area contributed by atoms with E-state index in [-0.39, 0.29) is 24.7 Å². The van der Waals surface area contributed by atoms with Crippen LogP contribution in [-0.4, -0.2) is 76.4 Å². The summed E-state index contributed by atoms with van der Waals surface area (Å²) in [7, 11) is 0. The number of anilines is 1. The Kier molecular flexibility index (Phi) is 6.26. The van der Waals surface area contributed by atoms with Gasteiger partial charge >= 0.3 is 5.97 Å². The predicted octanol–water partition coefficient (Wildman–Crippen LogP) is 0.976. The molecule has 146 valence electrons. The molecule has 1 atom stereocenters. The molecule has 3 rings (SSSR count). The maximum absolute atomic E-state index is 12.4. The van der Waals surface area contributed by atoms with E-state index in [1.165, 1.54) is 4.90 Å². The summed E-state index contributed by atoms with van der Waals surface area (Å²) in [6, 6.07) is 5.02. The van der Waals surface area contributed by atoms with Crippen LogP contribution in [0.3, 0.4) is 0 Å². The van der Waals surface area contributed by atoms with Crippen LogP contribution < -0.4 is 4.90 Å². The molecule has 8 nitrogen and oxygen atoms in total. The lowest BCUT2D eigenvalue weighted by atomic mass is 10.0. The van der Waals surface area contributed by atoms with Gasteiger partial charge in [0.1, 0.15) is 11.9 Å². The van der Waals surface area contributed by atoms with E-state index >= 15 is 0 Å². The number of pyridine rings is 1. The zero-order chi connectivity index (χ0) is 19.2. The van der Waals surface area contributed by atoms with Gasteiger partial charge in [-0.2, -0.15) is 0 Å². The first-order valence-electron chi connectivity index (χ1n) is 9.52. The number of aromatic nitrogens is 1. The number of carboxylic acid groups (broad SMARTS) is 1. The summed E-state index contributed by atoms with van der Waals surface area (Å²) < 4.78 is 0. The van der Waals surface area contributed by atoms with Gasteiger partial charge in [0, 0.05) is 51.8 Å². The summed E-state index contributed by atoms with van der Waals surface area (Å²) in [6.45, 7) is 3.09. The van der Waals surface area contributed by atoms with Crippen molar-refractivity contribution in [2.45, 2.75) is 38.1 Å². The van der Waals surface area contributed by atoms with Crippen molar-refractivity contribution in [2.75, 3.05) is 37.6 Å². The number of nitrogens with zero attached hydrogens (tertiary/aromatic N) is 4. The van der Waals surface area contributed by atoms with E-state index in [0.29, 0.717) is 39.1 Å². The highest BCUT2D eigenvalue weighted by atomic mass is 16.4. The lowest BCUT2D eigenvalue weighted by Crippen LogP contribution is -2.50. The van der Waals surface area contributed by atoms with Gasteiger partial charge in [-0.1, -0.05) is 6.07 Å². The van der Waals surface area contributed by atoms with E-state index in [2.05, 4.69) is 9.88 Å². The van der Waals surface area contributed by atoms with Gasteiger partial charge < -0.3 is 19.8 Å². The van der Waals surface area contributed by atoms with Crippen LogP contribution in [0.1, 0.15) is 32.1 Å². The Hall–Kier alpha value is -2.64. The zero-order valence-electron chi connectivity index (χ0n) is 15.4. The third-order valence-corrected chi connectivity index (χ3v) is 5.27. The summed E-state index contributed by atoms with van der Waals surface area (Å²) >= 11 is 0. The number of likely N-dealkylation sites (tertiary alicyclic amines) is 1. The van der Waals surface area contributed by atoms with Crippen LogP contribution in [0.25, 0.3) is 0 Å². The number of piperazine rings is 1. The Morgan fingerprint density at radius 2 is 1.74 bits per heavy atom. The van der Waals surface area contributed by atoms with Gasteiger partial charge in [-0.05, 0) is 31.4 Å². The maximum Gasteiger partial charge on any atom is 0.326 e. The second kappa shape index (κ2) is 8.83. The number of hydrogen-bond donors (Lipinski definition) is 1. The Balaban J connectivity index is 1.45. The standard InChI is InChI=1S/C19H26N4O4/c24-17(7-8-18(25)23-10-4-2-5-15(23)19(26)27)22-13-11-21(12-14-22)16-6-1-3-9-20-16/h1,3,6,9,15H,2,4-5,7-8,10-14H2,(H,26,27). The fraction of sp³-hybridized carbons (Fsp3) is 0.579. The normalized spacial score (nSPS) is 20.4. The molecule has 0 aromatic carbocycles. The first kappa shape index (κ1) is 19.1. The highest BCUT2D eigenvalue weighted by molar-refractivity contribution is 5.87. The average Bonchev–Trinajstić information content (AvgIpc) is 2.72. The van der Waals surface area contributed by atoms with Crippen LogP contribution in [0, 0.1) is 0 Å². The van der Waals surface area contributed by atoms with Crippen molar-refractivity contribution in [1.29, 1.82) is 0 Å². The molecule has 2 fully saturated rings. The number of carboxylic acids is 1. The summed E-state index contributed by atoms with van der Waals surface area (Å²) in [5.74, 6) is -0.333. The lowest BCUT2D eigenvalue weighted by molar-refractivity contribution is -0.152. The minimum Gasteiger partial charge on any atom is -0.480 e. The third-order valence-electron chi connectivity index (χ3n) is 5.27. The molecular formula is C19H26N4O4. The van der Waals surface area contributed by atoms with Crippen LogP contribution in [0.5, 0.6) is 0 Å². The first-order chi connectivity index (χ1) is 13.1. The highest BCUT2D eigenvalue weighted by Crippen LogP contribution is 2.19. The Bertz CT molecular complexity index is 674. The van der Waals surface area contributed by atoms with Crippen molar-refractivity contribution < 1.29 is 19.5 Å². The number of hydrogen-bond acceptors (Lipinski definition) is 5. The second-order valence-electron chi connectivity index (χ2n) is 6.99. The van der Waals surface area contributed by atoms with Gasteiger partial charge in [0.15, 0.2) is 0 Å².